The van der Waals surface area contributed by atoms with Crippen molar-refractivity contribution in [1.82, 2.24) is 4.40 Å². The topological polar surface area (TPSA) is 32.1 Å². The van der Waals surface area contributed by atoms with Crippen LogP contribution in [0.1, 0.15) is 27.8 Å². The van der Waals surface area contributed by atoms with Gasteiger partial charge in [0.05, 0.1) is 5.39 Å². The quantitative estimate of drug-likeness (QED) is 0.294. The number of aromatic nitrogens is 2. The molecule has 3 heteroatoms. The largest absolute Gasteiger partial charge is 0.295 e. The highest BCUT2D eigenvalue weighted by atomic mass is 15.1. The Kier molecular flexibility index (Phi) is 5.14. The van der Waals surface area contributed by atoms with E-state index in [9.17, 15) is 0 Å². The lowest BCUT2D eigenvalue weighted by Crippen LogP contribution is -2.28. The van der Waals surface area contributed by atoms with Crippen molar-refractivity contribution in [3.63, 3.8) is 0 Å². The Hall–Kier alpha value is -2.86. The lowest BCUT2D eigenvalue weighted by Gasteiger charge is -2.02. The first-order valence-corrected chi connectivity index (χ1v) is 6.52. The second-order valence-electron chi connectivity index (χ2n) is 4.98. The van der Waals surface area contributed by atoms with Gasteiger partial charge in [0.2, 0.25) is 0 Å². The maximum Gasteiger partial charge on any atom is 0.295 e. The van der Waals surface area contributed by atoms with Gasteiger partial charge in [-0.25, -0.2) is 9.83 Å². The molecular formula is C20H24N3+. The van der Waals surface area contributed by atoms with Crippen molar-refractivity contribution in [2.75, 3.05) is 0 Å². The van der Waals surface area contributed by atoms with Gasteiger partial charge in [0.1, 0.15) is 24.5 Å². The molecule has 4 aromatic rings. The monoisotopic (exact) mass is 306 g/mol. The molecule has 2 aromatic heterocycles. The summed E-state index contributed by atoms with van der Waals surface area (Å²) in [5.74, 6) is 0. The van der Waals surface area contributed by atoms with E-state index in [1.54, 1.807) is 0 Å². The molecule has 0 amide bonds. The summed E-state index contributed by atoms with van der Waals surface area (Å²) in [6.45, 7) is 4.50. The molecule has 2 aromatic carbocycles. The molecule has 0 fully saturated rings. The second kappa shape index (κ2) is 6.50. The van der Waals surface area contributed by atoms with E-state index in [-0.39, 0.29) is 22.3 Å². The van der Waals surface area contributed by atoms with Crippen molar-refractivity contribution < 1.29 is 4.57 Å². The lowest BCUT2D eigenvalue weighted by molar-refractivity contribution is -0.657. The van der Waals surface area contributed by atoms with E-state index in [2.05, 4.69) is 70.4 Å². The number of pyridine rings is 1. The number of fused-ring (bicyclic) bond motifs is 3. The minimum atomic E-state index is 0. The van der Waals surface area contributed by atoms with Crippen LogP contribution in [0.25, 0.3) is 27.3 Å². The fourth-order valence-corrected chi connectivity index (χ4v) is 3.33. The van der Waals surface area contributed by atoms with Crippen molar-refractivity contribution in [2.45, 2.75) is 28.8 Å². The van der Waals surface area contributed by atoms with Crippen LogP contribution in [0.2, 0.25) is 0 Å². The molecule has 1 aliphatic heterocycles. The standard InChI is InChI=1S/C16H11N2.CHN.3CH4/c1-2-7-14-12(5-1)13-6-3-4-11-10-17-8-9-18(14)16(17)15(11)13;1-2;;;/h1-9H,10H2;1H;3*1H4/q+1;;;;. The van der Waals surface area contributed by atoms with Crippen LogP contribution in [-0.4, -0.2) is 4.40 Å². The van der Waals surface area contributed by atoms with E-state index in [1.165, 1.54) is 32.9 Å². The maximum absolute atomic E-state index is 6.50. The van der Waals surface area contributed by atoms with Gasteiger partial charge in [0.25, 0.3) is 5.65 Å². The van der Waals surface area contributed by atoms with Crippen LogP contribution in [0.4, 0.5) is 0 Å². The first kappa shape index (κ1) is 18.2. The van der Waals surface area contributed by atoms with E-state index < -0.39 is 0 Å². The summed E-state index contributed by atoms with van der Waals surface area (Å²) < 4.78 is 4.65. The summed E-state index contributed by atoms with van der Waals surface area (Å²) in [7, 11) is 0. The third-order valence-electron chi connectivity index (χ3n) is 4.06. The highest BCUT2D eigenvalue weighted by Gasteiger charge is 2.26. The van der Waals surface area contributed by atoms with Gasteiger partial charge >= 0.3 is 0 Å². The molecule has 118 valence electrons. The third kappa shape index (κ3) is 2.15. The Balaban J connectivity index is 0.000000511. The van der Waals surface area contributed by atoms with Gasteiger partial charge in [-0.3, -0.25) is 0 Å². The third-order valence-corrected chi connectivity index (χ3v) is 4.06. The second-order valence-corrected chi connectivity index (χ2v) is 4.98. The van der Waals surface area contributed by atoms with Gasteiger partial charge < -0.3 is 0 Å². The zero-order valence-corrected chi connectivity index (χ0v) is 10.8. The lowest BCUT2D eigenvalue weighted by atomic mass is 10.0. The molecule has 0 unspecified atom stereocenters. The van der Waals surface area contributed by atoms with E-state index in [0.717, 1.165) is 6.54 Å². The fraction of sp³-hybridized carbons (Fsp3) is 0.200. The van der Waals surface area contributed by atoms with Crippen molar-refractivity contribution in [3.05, 3.63) is 60.4 Å². The molecular weight excluding hydrogens is 282 g/mol. The number of hydrogen-bond acceptors (Lipinski definition) is 1. The van der Waals surface area contributed by atoms with Crippen molar-refractivity contribution in [3.8, 4) is 6.57 Å². The summed E-state index contributed by atoms with van der Waals surface area (Å²) in [5.41, 5.74) is 4.06. The molecule has 0 spiro atoms. The Morgan fingerprint density at radius 3 is 2.39 bits per heavy atom. The Labute approximate surface area is 138 Å². The van der Waals surface area contributed by atoms with Crippen LogP contribution in [0.15, 0.2) is 54.9 Å². The Morgan fingerprint density at radius 1 is 0.913 bits per heavy atom. The first-order chi connectivity index (χ1) is 9.93. The van der Waals surface area contributed by atoms with E-state index >= 15 is 0 Å². The number of para-hydroxylation sites is 1. The molecule has 0 atom stereocenters. The zero-order valence-electron chi connectivity index (χ0n) is 10.8. The summed E-state index contributed by atoms with van der Waals surface area (Å²) in [4.78, 5) is 0. The van der Waals surface area contributed by atoms with Crippen LogP contribution in [-0.2, 0) is 6.54 Å². The number of nitriles is 1. The summed E-state index contributed by atoms with van der Waals surface area (Å²) in [5, 5.41) is 10.6. The molecule has 0 bridgehead atoms. The van der Waals surface area contributed by atoms with E-state index in [4.69, 9.17) is 5.26 Å². The Morgan fingerprint density at radius 2 is 1.61 bits per heavy atom. The minimum Gasteiger partial charge on any atom is -0.225 e. The first-order valence-electron chi connectivity index (χ1n) is 6.52. The molecule has 0 N–H and O–H groups in total. The number of hydrogen-bond donors (Lipinski definition) is 0. The smallest absolute Gasteiger partial charge is 0.225 e. The molecule has 3 nitrogen and oxygen atoms in total. The van der Waals surface area contributed by atoms with Crippen LogP contribution in [0.3, 0.4) is 0 Å². The van der Waals surface area contributed by atoms with Crippen molar-refractivity contribution in [1.29, 1.82) is 5.26 Å². The van der Waals surface area contributed by atoms with Gasteiger partial charge in [-0.1, -0.05) is 58.7 Å². The van der Waals surface area contributed by atoms with Gasteiger partial charge in [-0.05, 0) is 6.07 Å². The van der Waals surface area contributed by atoms with Gasteiger partial charge in [-0.2, -0.15) is 4.40 Å². The van der Waals surface area contributed by atoms with Crippen LogP contribution in [0, 0.1) is 11.8 Å². The number of imidazole rings is 1. The molecule has 1 aliphatic rings. The molecule has 0 saturated carbocycles. The SMILES string of the molecule is C.C.C.C#N.c1cc2c3c(c1)c1ccccc1n1cc[n+](c31)C2. The van der Waals surface area contributed by atoms with Crippen LogP contribution < -0.4 is 4.57 Å². The van der Waals surface area contributed by atoms with Crippen LogP contribution >= 0.6 is 0 Å². The summed E-state index contributed by atoms with van der Waals surface area (Å²) in [6, 6.07) is 15.3. The highest BCUT2D eigenvalue weighted by Crippen LogP contribution is 2.33. The van der Waals surface area contributed by atoms with Gasteiger partial charge in [0.15, 0.2) is 0 Å². The normalized spacial score (nSPS) is 10.5. The number of nitrogens with zero attached hydrogens (tertiary/aromatic N) is 3. The fourth-order valence-electron chi connectivity index (χ4n) is 3.33. The molecule has 0 aliphatic carbocycles. The highest BCUT2D eigenvalue weighted by molar-refractivity contribution is 6.12. The van der Waals surface area contributed by atoms with E-state index in [0.29, 0.717) is 0 Å². The summed E-state index contributed by atoms with van der Waals surface area (Å²) >= 11 is 0. The average molecular weight is 306 g/mol. The predicted molar refractivity (Wildman–Crippen MR) is 98.6 cm³/mol. The molecule has 23 heavy (non-hydrogen) atoms. The van der Waals surface area contributed by atoms with E-state index in [1.807, 2.05) is 0 Å². The van der Waals surface area contributed by atoms with Crippen molar-refractivity contribution >= 4 is 27.3 Å². The molecule has 0 radical (unpaired) electrons. The molecule has 0 saturated heterocycles. The zero-order chi connectivity index (χ0) is 13.7. The maximum atomic E-state index is 6.50. The van der Waals surface area contributed by atoms with Gasteiger partial charge in [-0.15, -0.1) is 0 Å². The predicted octanol–water partition coefficient (Wildman–Crippen LogP) is 4.94. The molecule has 3 heterocycles. The number of benzene rings is 2. The molecule has 5 rings (SSSR count). The van der Waals surface area contributed by atoms with Crippen molar-refractivity contribution in [2.24, 2.45) is 0 Å². The summed E-state index contributed by atoms with van der Waals surface area (Å²) in [6.07, 6.45) is 4.36. The number of rotatable bonds is 0. The Bertz CT molecular complexity index is 993. The average Bonchev–Trinajstić information content (AvgIpc) is 3.08. The van der Waals surface area contributed by atoms with Crippen LogP contribution in [0.5, 0.6) is 0 Å². The van der Waals surface area contributed by atoms with Gasteiger partial charge in [0, 0.05) is 22.9 Å². The minimum absolute atomic E-state index is 0.